The third-order valence-corrected chi connectivity index (χ3v) is 5.71. The monoisotopic (exact) mass is 342 g/mol. The number of piperazine rings is 1. The lowest BCUT2D eigenvalue weighted by molar-refractivity contribution is 0.360. The van der Waals surface area contributed by atoms with E-state index in [1.807, 2.05) is 24.3 Å². The molecule has 1 heterocycles. The van der Waals surface area contributed by atoms with E-state index >= 15 is 0 Å². The molecule has 0 radical (unpaired) electrons. The van der Waals surface area contributed by atoms with Crippen LogP contribution in [0.15, 0.2) is 41.3 Å². The molecule has 7 heteroatoms. The van der Waals surface area contributed by atoms with Crippen LogP contribution in [0.1, 0.15) is 0 Å². The van der Waals surface area contributed by atoms with E-state index in [-0.39, 0.29) is 12.4 Å². The van der Waals surface area contributed by atoms with Crippen LogP contribution >= 0.6 is 12.4 Å². The quantitative estimate of drug-likeness (QED) is 0.925. The van der Waals surface area contributed by atoms with Crippen LogP contribution in [0, 0.1) is 0 Å². The molecule has 1 N–H and O–H groups in total. The molecule has 2 aromatic carbocycles. The van der Waals surface area contributed by atoms with E-state index in [4.69, 9.17) is 4.74 Å². The fourth-order valence-electron chi connectivity index (χ4n) is 2.67. The number of methoxy groups -OCH3 is 1. The highest BCUT2D eigenvalue weighted by Crippen LogP contribution is 2.32. The molecule has 0 amide bonds. The van der Waals surface area contributed by atoms with Gasteiger partial charge in [0.2, 0.25) is 10.0 Å². The number of hydrogen-bond acceptors (Lipinski definition) is 4. The molecule has 0 bridgehead atoms. The highest BCUT2D eigenvalue weighted by atomic mass is 35.5. The zero-order valence-electron chi connectivity index (χ0n) is 12.3. The molecule has 22 heavy (non-hydrogen) atoms. The third-order valence-electron chi connectivity index (χ3n) is 3.76. The summed E-state index contributed by atoms with van der Waals surface area (Å²) in [6.45, 7) is 2.38. The van der Waals surface area contributed by atoms with Crippen molar-refractivity contribution in [3.8, 4) is 5.75 Å². The molecule has 0 spiro atoms. The number of sulfonamides is 1. The lowest BCUT2D eigenvalue weighted by Gasteiger charge is -2.27. The van der Waals surface area contributed by atoms with Crippen LogP contribution in [0.3, 0.4) is 0 Å². The van der Waals surface area contributed by atoms with E-state index < -0.39 is 10.0 Å². The van der Waals surface area contributed by atoms with Crippen LogP contribution in [-0.2, 0) is 10.0 Å². The standard InChI is InChI=1S/C15H18N2O3S.ClH/c1-20-14-6-7-15(13-5-3-2-4-12(13)14)21(18,19)17-10-8-16-9-11-17;/h2-7,16H,8-11H2,1H3;1H. The number of fused-ring (bicyclic) bond motifs is 1. The summed E-state index contributed by atoms with van der Waals surface area (Å²) in [5.74, 6) is 0.685. The molecular weight excluding hydrogens is 324 g/mol. The van der Waals surface area contributed by atoms with Gasteiger partial charge in [-0.15, -0.1) is 12.4 Å². The minimum atomic E-state index is -3.48. The summed E-state index contributed by atoms with van der Waals surface area (Å²) >= 11 is 0. The van der Waals surface area contributed by atoms with Gasteiger partial charge < -0.3 is 10.1 Å². The van der Waals surface area contributed by atoms with Gasteiger partial charge in [-0.1, -0.05) is 24.3 Å². The second-order valence-electron chi connectivity index (χ2n) is 4.97. The topological polar surface area (TPSA) is 58.6 Å². The maximum atomic E-state index is 12.9. The first-order valence-corrected chi connectivity index (χ1v) is 8.35. The zero-order chi connectivity index (χ0) is 14.9. The first-order valence-electron chi connectivity index (χ1n) is 6.91. The van der Waals surface area contributed by atoms with Crippen molar-refractivity contribution in [3.05, 3.63) is 36.4 Å². The molecule has 0 unspecified atom stereocenters. The van der Waals surface area contributed by atoms with Crippen LogP contribution in [0.2, 0.25) is 0 Å². The molecule has 0 aliphatic carbocycles. The average molecular weight is 343 g/mol. The van der Waals surface area contributed by atoms with E-state index in [0.29, 0.717) is 42.2 Å². The molecule has 0 saturated carbocycles. The van der Waals surface area contributed by atoms with Crippen LogP contribution in [-0.4, -0.2) is 46.0 Å². The zero-order valence-corrected chi connectivity index (χ0v) is 13.9. The number of nitrogens with zero attached hydrogens (tertiary/aromatic N) is 1. The third kappa shape index (κ3) is 2.92. The van der Waals surface area contributed by atoms with Crippen molar-refractivity contribution >= 4 is 33.2 Å². The van der Waals surface area contributed by atoms with Crippen molar-refractivity contribution in [2.45, 2.75) is 4.90 Å². The summed E-state index contributed by atoms with van der Waals surface area (Å²) in [5.41, 5.74) is 0. The van der Waals surface area contributed by atoms with E-state index in [9.17, 15) is 8.42 Å². The Balaban J connectivity index is 0.00000176. The largest absolute Gasteiger partial charge is 0.496 e. The Morgan fingerprint density at radius 3 is 2.32 bits per heavy atom. The van der Waals surface area contributed by atoms with Gasteiger partial charge in [-0.25, -0.2) is 8.42 Å². The van der Waals surface area contributed by atoms with Crippen molar-refractivity contribution in [3.63, 3.8) is 0 Å². The Labute approximate surface area is 136 Å². The van der Waals surface area contributed by atoms with Gasteiger partial charge in [0, 0.05) is 37.0 Å². The first kappa shape index (κ1) is 17.0. The highest BCUT2D eigenvalue weighted by molar-refractivity contribution is 7.89. The van der Waals surface area contributed by atoms with Crippen LogP contribution < -0.4 is 10.1 Å². The summed E-state index contributed by atoms with van der Waals surface area (Å²) in [6, 6.07) is 10.8. The molecule has 0 atom stereocenters. The molecule has 120 valence electrons. The summed E-state index contributed by atoms with van der Waals surface area (Å²) < 4.78 is 32.6. The van der Waals surface area contributed by atoms with Gasteiger partial charge in [0.25, 0.3) is 0 Å². The predicted molar refractivity (Wildman–Crippen MR) is 89.4 cm³/mol. The average Bonchev–Trinajstić information content (AvgIpc) is 2.54. The van der Waals surface area contributed by atoms with Gasteiger partial charge in [-0.2, -0.15) is 4.31 Å². The first-order chi connectivity index (χ1) is 10.1. The Hall–Kier alpha value is -1.34. The van der Waals surface area contributed by atoms with E-state index in [1.165, 1.54) is 4.31 Å². The lowest BCUT2D eigenvalue weighted by atomic mass is 10.1. The Bertz CT molecular complexity index is 758. The minimum Gasteiger partial charge on any atom is -0.496 e. The summed E-state index contributed by atoms with van der Waals surface area (Å²) in [7, 11) is -1.89. The molecule has 1 saturated heterocycles. The highest BCUT2D eigenvalue weighted by Gasteiger charge is 2.27. The van der Waals surface area contributed by atoms with Crippen LogP contribution in [0.5, 0.6) is 5.75 Å². The van der Waals surface area contributed by atoms with Crippen molar-refractivity contribution in [1.82, 2.24) is 9.62 Å². The van der Waals surface area contributed by atoms with E-state index in [2.05, 4.69) is 5.32 Å². The molecular formula is C15H19ClN2O3S. The van der Waals surface area contributed by atoms with Crippen molar-refractivity contribution in [2.75, 3.05) is 33.3 Å². The SMILES string of the molecule is COc1ccc(S(=O)(=O)N2CCNCC2)c2ccccc12.Cl. The van der Waals surface area contributed by atoms with Crippen molar-refractivity contribution < 1.29 is 13.2 Å². The number of nitrogens with one attached hydrogen (secondary N) is 1. The molecule has 3 rings (SSSR count). The fraction of sp³-hybridized carbons (Fsp3) is 0.333. The minimum absolute atomic E-state index is 0. The Morgan fingerprint density at radius 1 is 1.05 bits per heavy atom. The lowest BCUT2D eigenvalue weighted by Crippen LogP contribution is -2.46. The number of rotatable bonds is 3. The maximum absolute atomic E-state index is 12.9. The number of ether oxygens (including phenoxy) is 1. The maximum Gasteiger partial charge on any atom is 0.243 e. The normalized spacial score (nSPS) is 16.2. The molecule has 1 aliphatic heterocycles. The number of benzene rings is 2. The van der Waals surface area contributed by atoms with Gasteiger partial charge in [0.05, 0.1) is 12.0 Å². The fourth-order valence-corrected chi connectivity index (χ4v) is 4.31. The van der Waals surface area contributed by atoms with Crippen LogP contribution in [0.4, 0.5) is 0 Å². The number of halogens is 1. The second-order valence-corrected chi connectivity index (χ2v) is 6.87. The molecule has 0 aromatic heterocycles. The molecule has 5 nitrogen and oxygen atoms in total. The molecule has 2 aromatic rings. The number of hydrogen-bond donors (Lipinski definition) is 1. The van der Waals surface area contributed by atoms with Gasteiger partial charge in [0.15, 0.2) is 0 Å². The van der Waals surface area contributed by atoms with E-state index in [0.717, 1.165) is 5.39 Å². The predicted octanol–water partition coefficient (Wildman–Crippen LogP) is 1.86. The van der Waals surface area contributed by atoms with Crippen molar-refractivity contribution in [1.29, 1.82) is 0 Å². The molecule has 1 fully saturated rings. The smallest absolute Gasteiger partial charge is 0.243 e. The summed E-state index contributed by atoms with van der Waals surface area (Å²) in [5, 5.41) is 4.69. The Morgan fingerprint density at radius 2 is 1.68 bits per heavy atom. The van der Waals surface area contributed by atoms with Crippen LogP contribution in [0.25, 0.3) is 10.8 Å². The summed E-state index contributed by atoms with van der Waals surface area (Å²) in [6.07, 6.45) is 0. The summed E-state index contributed by atoms with van der Waals surface area (Å²) in [4.78, 5) is 0.348. The second kappa shape index (κ2) is 6.83. The van der Waals surface area contributed by atoms with Gasteiger partial charge in [0.1, 0.15) is 5.75 Å². The molecule has 1 aliphatic rings. The van der Waals surface area contributed by atoms with Gasteiger partial charge in [-0.05, 0) is 12.1 Å². The van der Waals surface area contributed by atoms with Gasteiger partial charge >= 0.3 is 0 Å². The Kier molecular flexibility index (Phi) is 5.28. The van der Waals surface area contributed by atoms with Crippen molar-refractivity contribution in [2.24, 2.45) is 0 Å². The van der Waals surface area contributed by atoms with Gasteiger partial charge in [-0.3, -0.25) is 0 Å². The van der Waals surface area contributed by atoms with E-state index in [1.54, 1.807) is 19.2 Å².